The molecule has 2 aromatic rings. The Morgan fingerprint density at radius 2 is 1.71 bits per heavy atom. The highest BCUT2D eigenvalue weighted by molar-refractivity contribution is 6.04. The van der Waals surface area contributed by atoms with E-state index in [0.29, 0.717) is 39.9 Å². The lowest BCUT2D eigenvalue weighted by atomic mass is 9.53. The van der Waals surface area contributed by atoms with Gasteiger partial charge in [-0.05, 0) is 75.3 Å². The Labute approximate surface area is 180 Å². The van der Waals surface area contributed by atoms with Crippen LogP contribution in [0.15, 0.2) is 30.3 Å². The number of ether oxygens (including phenoxy) is 1. The van der Waals surface area contributed by atoms with Crippen molar-refractivity contribution >= 4 is 28.8 Å². The van der Waals surface area contributed by atoms with E-state index >= 15 is 0 Å². The maximum absolute atomic E-state index is 12.6. The first-order valence-electron chi connectivity index (χ1n) is 11.0. The molecule has 0 aliphatic heterocycles. The van der Waals surface area contributed by atoms with Gasteiger partial charge in [0.05, 0.1) is 11.1 Å². The van der Waals surface area contributed by atoms with E-state index in [1.165, 1.54) is 19.3 Å². The second-order valence-electron chi connectivity index (χ2n) is 9.60. The molecule has 4 aliphatic rings. The number of aromatic nitrogens is 1. The Morgan fingerprint density at radius 1 is 1.06 bits per heavy atom. The minimum Gasteiger partial charge on any atom is -0.452 e. The summed E-state index contributed by atoms with van der Waals surface area (Å²) in [5.74, 6) is 0.842. The molecule has 2 N–H and O–H groups in total. The molecule has 7 nitrogen and oxygen atoms in total. The highest BCUT2D eigenvalue weighted by atomic mass is 16.5. The molecule has 0 radical (unpaired) electrons. The number of hydrogen-bond donors (Lipinski definition) is 2. The Hall–Kier alpha value is -2.96. The molecule has 0 spiro atoms. The first-order chi connectivity index (χ1) is 14.9. The fourth-order valence-electron chi connectivity index (χ4n) is 6.38. The lowest BCUT2D eigenvalue weighted by Crippen LogP contribution is -2.62. The largest absolute Gasteiger partial charge is 0.452 e. The molecule has 0 atom stereocenters. The van der Waals surface area contributed by atoms with E-state index < -0.39 is 24.5 Å². The standard InChI is InChI=1S/C24H27N3O4/c1-14-6-19(18-4-2-3-5-20(18)25-14)22(29)31-13-21(28)26-23(30)27-24-10-15-7-16(11-24)9-17(8-15)12-24/h2-6,15-17H,7-13H2,1H3,(H2,26,27,28,30). The summed E-state index contributed by atoms with van der Waals surface area (Å²) in [6, 6.07) is 8.42. The number of hydrogen-bond acceptors (Lipinski definition) is 5. The Bertz CT molecular complexity index is 1030. The average molecular weight is 421 g/mol. The highest BCUT2D eigenvalue weighted by Crippen LogP contribution is 2.55. The Balaban J connectivity index is 1.17. The molecule has 1 aromatic carbocycles. The van der Waals surface area contributed by atoms with E-state index in [2.05, 4.69) is 15.6 Å². The van der Waals surface area contributed by atoms with Crippen molar-refractivity contribution in [3.05, 3.63) is 41.6 Å². The van der Waals surface area contributed by atoms with Crippen LogP contribution in [0.25, 0.3) is 10.9 Å². The zero-order valence-electron chi connectivity index (χ0n) is 17.6. The molecule has 7 heteroatoms. The van der Waals surface area contributed by atoms with Crippen molar-refractivity contribution in [3.63, 3.8) is 0 Å². The second-order valence-corrected chi connectivity index (χ2v) is 9.60. The number of nitrogens with zero attached hydrogens (tertiary/aromatic N) is 1. The highest BCUT2D eigenvalue weighted by Gasteiger charge is 2.51. The monoisotopic (exact) mass is 421 g/mol. The van der Waals surface area contributed by atoms with Gasteiger partial charge in [0, 0.05) is 16.6 Å². The van der Waals surface area contributed by atoms with E-state index in [4.69, 9.17) is 4.74 Å². The van der Waals surface area contributed by atoms with Gasteiger partial charge in [-0.3, -0.25) is 15.1 Å². The second kappa shape index (κ2) is 7.62. The van der Waals surface area contributed by atoms with Gasteiger partial charge in [-0.2, -0.15) is 0 Å². The minimum atomic E-state index is -0.634. The minimum absolute atomic E-state index is 0.177. The van der Waals surface area contributed by atoms with Gasteiger partial charge in [0.15, 0.2) is 6.61 Å². The van der Waals surface area contributed by atoms with Gasteiger partial charge in [-0.1, -0.05) is 18.2 Å². The number of imide groups is 1. The zero-order chi connectivity index (χ0) is 21.6. The molecule has 162 valence electrons. The number of fused-ring (bicyclic) bond motifs is 1. The van der Waals surface area contributed by atoms with Gasteiger partial charge < -0.3 is 10.1 Å². The van der Waals surface area contributed by atoms with Crippen LogP contribution in [0.5, 0.6) is 0 Å². The third-order valence-electron chi connectivity index (χ3n) is 7.07. The third kappa shape index (κ3) is 4.01. The zero-order valence-corrected chi connectivity index (χ0v) is 17.6. The predicted molar refractivity (Wildman–Crippen MR) is 114 cm³/mol. The molecule has 6 rings (SSSR count). The lowest BCUT2D eigenvalue weighted by molar-refractivity contribution is -0.123. The molecule has 4 bridgehead atoms. The topological polar surface area (TPSA) is 97.4 Å². The van der Waals surface area contributed by atoms with E-state index in [1.807, 2.05) is 18.2 Å². The summed E-state index contributed by atoms with van der Waals surface area (Å²) in [6.45, 7) is 1.29. The number of carbonyl (C=O) groups is 3. The van der Waals surface area contributed by atoms with Crippen molar-refractivity contribution in [1.82, 2.24) is 15.6 Å². The van der Waals surface area contributed by atoms with Crippen LogP contribution in [0, 0.1) is 24.7 Å². The number of carbonyl (C=O) groups excluding carboxylic acids is 3. The predicted octanol–water partition coefficient (Wildman–Crippen LogP) is 3.49. The summed E-state index contributed by atoms with van der Waals surface area (Å²) in [5, 5.41) is 6.08. The number of urea groups is 1. The van der Waals surface area contributed by atoms with Crippen LogP contribution in [0.3, 0.4) is 0 Å². The van der Waals surface area contributed by atoms with Gasteiger partial charge in [-0.25, -0.2) is 9.59 Å². The van der Waals surface area contributed by atoms with Crippen LogP contribution in [-0.4, -0.2) is 35.0 Å². The van der Waals surface area contributed by atoms with E-state index in [-0.39, 0.29) is 5.54 Å². The molecular formula is C24H27N3O4. The van der Waals surface area contributed by atoms with Crippen LogP contribution in [-0.2, 0) is 9.53 Å². The number of aryl methyl sites for hydroxylation is 1. The summed E-state index contributed by atoms with van der Waals surface area (Å²) in [5.41, 5.74) is 1.55. The molecule has 4 saturated carbocycles. The molecule has 1 heterocycles. The molecular weight excluding hydrogens is 394 g/mol. The van der Waals surface area contributed by atoms with Crippen LogP contribution in [0.1, 0.15) is 54.6 Å². The van der Waals surface area contributed by atoms with Gasteiger partial charge in [0.1, 0.15) is 0 Å². The smallest absolute Gasteiger partial charge is 0.339 e. The van der Waals surface area contributed by atoms with Crippen molar-refractivity contribution in [2.75, 3.05) is 6.61 Å². The summed E-state index contributed by atoms with van der Waals surface area (Å²) < 4.78 is 5.19. The maximum Gasteiger partial charge on any atom is 0.339 e. The number of esters is 1. The molecule has 4 fully saturated rings. The summed E-state index contributed by atoms with van der Waals surface area (Å²) in [6.07, 6.45) is 6.85. The lowest BCUT2D eigenvalue weighted by Gasteiger charge is -2.56. The van der Waals surface area contributed by atoms with Crippen molar-refractivity contribution in [3.8, 4) is 0 Å². The Morgan fingerprint density at radius 3 is 2.39 bits per heavy atom. The summed E-state index contributed by atoms with van der Waals surface area (Å²) >= 11 is 0. The maximum atomic E-state index is 12.6. The quantitative estimate of drug-likeness (QED) is 0.737. The molecule has 31 heavy (non-hydrogen) atoms. The van der Waals surface area contributed by atoms with Gasteiger partial charge >= 0.3 is 12.0 Å². The van der Waals surface area contributed by atoms with Crippen molar-refractivity contribution < 1.29 is 19.1 Å². The molecule has 1 aromatic heterocycles. The van der Waals surface area contributed by atoms with Crippen molar-refractivity contribution in [1.29, 1.82) is 0 Å². The van der Waals surface area contributed by atoms with E-state index in [0.717, 1.165) is 19.3 Å². The van der Waals surface area contributed by atoms with Crippen molar-refractivity contribution in [2.45, 2.75) is 51.0 Å². The number of benzene rings is 1. The van der Waals surface area contributed by atoms with Gasteiger partial charge in [0.25, 0.3) is 5.91 Å². The molecule has 0 saturated heterocycles. The number of pyridine rings is 1. The SMILES string of the molecule is Cc1cc(C(=O)OCC(=O)NC(=O)NC23CC4CC(CC(C4)C2)C3)c2ccccc2n1. The Kier molecular flexibility index (Phi) is 4.91. The van der Waals surface area contributed by atoms with Crippen molar-refractivity contribution in [2.24, 2.45) is 17.8 Å². The van der Waals surface area contributed by atoms with Crippen LogP contribution in [0.4, 0.5) is 4.79 Å². The van der Waals surface area contributed by atoms with Crippen LogP contribution < -0.4 is 10.6 Å². The molecule has 4 aliphatic carbocycles. The van der Waals surface area contributed by atoms with Gasteiger partial charge in [-0.15, -0.1) is 0 Å². The number of amides is 3. The first-order valence-corrected chi connectivity index (χ1v) is 11.0. The fraction of sp³-hybridized carbons (Fsp3) is 0.500. The first kappa shape index (κ1) is 20.0. The number of rotatable bonds is 4. The summed E-state index contributed by atoms with van der Waals surface area (Å²) in [7, 11) is 0. The average Bonchev–Trinajstić information content (AvgIpc) is 2.69. The number of para-hydroxylation sites is 1. The van der Waals surface area contributed by atoms with Crippen LogP contribution >= 0.6 is 0 Å². The summed E-state index contributed by atoms with van der Waals surface area (Å²) in [4.78, 5) is 41.7. The molecule has 0 unspecified atom stereocenters. The molecule has 3 amide bonds. The number of nitrogens with one attached hydrogen (secondary N) is 2. The van der Waals surface area contributed by atoms with E-state index in [9.17, 15) is 14.4 Å². The normalized spacial score (nSPS) is 28.4. The van der Waals surface area contributed by atoms with Crippen LogP contribution in [0.2, 0.25) is 0 Å². The van der Waals surface area contributed by atoms with E-state index in [1.54, 1.807) is 19.1 Å². The third-order valence-corrected chi connectivity index (χ3v) is 7.07. The fourth-order valence-corrected chi connectivity index (χ4v) is 6.38. The van der Waals surface area contributed by atoms with Gasteiger partial charge in [0.2, 0.25) is 0 Å².